The Labute approximate surface area is 103 Å². The monoisotopic (exact) mass is 244 g/mol. The minimum absolute atomic E-state index is 0.428. The third-order valence-electron chi connectivity index (χ3n) is 2.84. The van der Waals surface area contributed by atoms with Crippen molar-refractivity contribution >= 4 is 34.3 Å². The van der Waals surface area contributed by atoms with Crippen LogP contribution in [0.3, 0.4) is 0 Å². The van der Waals surface area contributed by atoms with E-state index in [1.165, 1.54) is 5.52 Å². The molecule has 0 atom stereocenters. The Morgan fingerprint density at radius 3 is 3.00 bits per heavy atom. The molecule has 0 spiro atoms. The van der Waals surface area contributed by atoms with Crippen LogP contribution in [0.15, 0.2) is 24.3 Å². The fourth-order valence-corrected chi connectivity index (χ4v) is 2.30. The molecule has 5 heteroatoms. The first-order chi connectivity index (χ1) is 8.31. The number of aryl methyl sites for hydroxylation is 1. The van der Waals surface area contributed by atoms with Gasteiger partial charge in [-0.25, -0.2) is 0 Å². The zero-order valence-corrected chi connectivity index (χ0v) is 10.3. The molecule has 0 bridgehead atoms. The van der Waals surface area contributed by atoms with E-state index < -0.39 is 0 Å². The largest absolute Gasteiger partial charge is 0.324 e. The number of hydrogen-bond acceptors (Lipinski definition) is 3. The summed E-state index contributed by atoms with van der Waals surface area (Å²) in [5.74, 6) is 0. The van der Waals surface area contributed by atoms with E-state index in [1.54, 1.807) is 0 Å². The van der Waals surface area contributed by atoms with Gasteiger partial charge in [-0.05, 0) is 24.7 Å². The number of nitrogens with one attached hydrogen (secondary N) is 1. The van der Waals surface area contributed by atoms with Crippen molar-refractivity contribution in [2.24, 2.45) is 0 Å². The number of hydrogen-bond donors (Lipinski definition) is 1. The van der Waals surface area contributed by atoms with E-state index in [-0.39, 0.29) is 0 Å². The van der Waals surface area contributed by atoms with E-state index >= 15 is 0 Å². The molecule has 1 N–H and O–H groups in total. The summed E-state index contributed by atoms with van der Waals surface area (Å²) in [5, 5.41) is 8.18. The highest BCUT2D eigenvalue weighted by molar-refractivity contribution is 7.71. The fraction of sp³-hybridized carbons (Fsp3) is 0.250. The molecule has 86 valence electrons. The van der Waals surface area contributed by atoms with E-state index in [0.717, 1.165) is 29.5 Å². The lowest BCUT2D eigenvalue weighted by Crippen LogP contribution is -1.98. The van der Waals surface area contributed by atoms with Crippen molar-refractivity contribution in [2.75, 3.05) is 0 Å². The van der Waals surface area contributed by atoms with Crippen molar-refractivity contribution in [3.63, 3.8) is 0 Å². The molecule has 0 saturated heterocycles. The van der Waals surface area contributed by atoms with Crippen LogP contribution in [0.4, 0.5) is 0 Å². The lowest BCUT2D eigenvalue weighted by Gasteiger charge is -2.02. The summed E-state index contributed by atoms with van der Waals surface area (Å²) in [4.78, 5) is 4.39. The maximum absolute atomic E-state index is 5.05. The molecule has 2 aromatic heterocycles. The summed E-state index contributed by atoms with van der Waals surface area (Å²) < 4.78 is 2.61. The quantitative estimate of drug-likeness (QED) is 0.705. The van der Waals surface area contributed by atoms with Gasteiger partial charge in [-0.3, -0.25) is 5.10 Å². The minimum Gasteiger partial charge on any atom is -0.324 e. The second-order valence-corrected chi connectivity index (χ2v) is 4.37. The predicted octanol–water partition coefficient (Wildman–Crippen LogP) is 3.05. The summed E-state index contributed by atoms with van der Waals surface area (Å²) in [7, 11) is 0. The van der Waals surface area contributed by atoms with Crippen molar-refractivity contribution in [3.05, 3.63) is 29.0 Å². The van der Waals surface area contributed by atoms with Gasteiger partial charge in [-0.2, -0.15) is 10.1 Å². The summed E-state index contributed by atoms with van der Waals surface area (Å²) in [6, 6.07) is 8.21. The van der Waals surface area contributed by atoms with Gasteiger partial charge in [-0.15, -0.1) is 0 Å². The highest BCUT2D eigenvalue weighted by Crippen LogP contribution is 2.25. The van der Waals surface area contributed by atoms with Crippen molar-refractivity contribution in [1.29, 1.82) is 0 Å². The average Bonchev–Trinajstić information content (AvgIpc) is 2.65. The average molecular weight is 244 g/mol. The predicted molar refractivity (Wildman–Crippen MR) is 70.5 cm³/mol. The molecule has 2 heterocycles. The Balaban J connectivity index is 2.52. The third kappa shape index (κ3) is 1.54. The smallest absolute Gasteiger partial charge is 0.215 e. The van der Waals surface area contributed by atoms with Crippen LogP contribution in [0, 0.1) is 4.77 Å². The second kappa shape index (κ2) is 3.92. The van der Waals surface area contributed by atoms with E-state index in [1.807, 2.05) is 12.1 Å². The highest BCUT2D eigenvalue weighted by atomic mass is 32.1. The van der Waals surface area contributed by atoms with Gasteiger partial charge in [-0.1, -0.05) is 25.1 Å². The molecular formula is C12H12N4S. The Kier molecular flexibility index (Phi) is 2.40. The van der Waals surface area contributed by atoms with Gasteiger partial charge < -0.3 is 4.57 Å². The highest BCUT2D eigenvalue weighted by Gasteiger charge is 2.11. The maximum atomic E-state index is 5.05. The van der Waals surface area contributed by atoms with E-state index in [2.05, 4.69) is 38.8 Å². The van der Waals surface area contributed by atoms with E-state index in [0.29, 0.717) is 4.77 Å². The van der Waals surface area contributed by atoms with Crippen LogP contribution in [0.5, 0.6) is 0 Å². The third-order valence-corrected chi connectivity index (χ3v) is 3.02. The van der Waals surface area contributed by atoms with Crippen molar-refractivity contribution in [2.45, 2.75) is 19.9 Å². The normalized spacial score (nSPS) is 11.4. The SMILES string of the molecule is CCCn1c2ccccc2c2n[nH]c(=S)nc21. The molecule has 3 rings (SSSR count). The first kappa shape index (κ1) is 10.4. The van der Waals surface area contributed by atoms with Crippen molar-refractivity contribution in [3.8, 4) is 0 Å². The lowest BCUT2D eigenvalue weighted by molar-refractivity contribution is 0.715. The Bertz CT molecular complexity index is 741. The van der Waals surface area contributed by atoms with Crippen LogP contribution in [0.1, 0.15) is 13.3 Å². The molecule has 17 heavy (non-hydrogen) atoms. The minimum atomic E-state index is 0.428. The molecule has 0 amide bonds. The van der Waals surface area contributed by atoms with Gasteiger partial charge in [0.2, 0.25) is 4.77 Å². The maximum Gasteiger partial charge on any atom is 0.215 e. The molecule has 4 nitrogen and oxygen atoms in total. The van der Waals surface area contributed by atoms with E-state index in [9.17, 15) is 0 Å². The molecule has 0 saturated carbocycles. The second-order valence-electron chi connectivity index (χ2n) is 3.98. The summed E-state index contributed by atoms with van der Waals surface area (Å²) >= 11 is 5.05. The van der Waals surface area contributed by atoms with Gasteiger partial charge in [0.15, 0.2) is 5.65 Å². The molecular weight excluding hydrogens is 232 g/mol. The first-order valence-corrected chi connectivity index (χ1v) is 6.05. The van der Waals surface area contributed by atoms with Gasteiger partial charge in [0.25, 0.3) is 0 Å². The van der Waals surface area contributed by atoms with Gasteiger partial charge in [0, 0.05) is 11.9 Å². The topological polar surface area (TPSA) is 46.5 Å². The number of aromatic amines is 1. The summed E-state index contributed by atoms with van der Waals surface area (Å²) in [5.41, 5.74) is 2.93. The number of nitrogens with zero attached hydrogens (tertiary/aromatic N) is 3. The van der Waals surface area contributed by atoms with Crippen LogP contribution in [-0.4, -0.2) is 19.7 Å². The van der Waals surface area contributed by atoms with E-state index in [4.69, 9.17) is 12.2 Å². The molecule has 0 unspecified atom stereocenters. The van der Waals surface area contributed by atoms with Crippen LogP contribution < -0.4 is 0 Å². The van der Waals surface area contributed by atoms with Gasteiger partial charge >= 0.3 is 0 Å². The molecule has 1 aromatic carbocycles. The number of rotatable bonds is 2. The number of fused-ring (bicyclic) bond motifs is 3. The van der Waals surface area contributed by atoms with Crippen molar-refractivity contribution < 1.29 is 0 Å². The fourth-order valence-electron chi connectivity index (χ4n) is 2.17. The first-order valence-electron chi connectivity index (χ1n) is 5.65. The molecule has 0 aliphatic carbocycles. The van der Waals surface area contributed by atoms with Gasteiger partial charge in [0.1, 0.15) is 5.52 Å². The summed E-state index contributed by atoms with van der Waals surface area (Å²) in [6.45, 7) is 3.08. The Hall–Kier alpha value is -1.75. The Morgan fingerprint density at radius 2 is 2.18 bits per heavy atom. The standard InChI is InChI=1S/C12H12N4S/c1-2-7-16-9-6-4-3-5-8(9)10-11(16)13-12(17)15-14-10/h3-6H,2,7H2,1H3,(H,13,15,17). The van der Waals surface area contributed by atoms with Crippen LogP contribution in [0.25, 0.3) is 22.1 Å². The number of benzene rings is 1. The van der Waals surface area contributed by atoms with Crippen molar-refractivity contribution in [1.82, 2.24) is 19.7 Å². The number of aromatic nitrogens is 4. The van der Waals surface area contributed by atoms with Crippen LogP contribution >= 0.6 is 12.2 Å². The number of H-pyrrole nitrogens is 1. The van der Waals surface area contributed by atoms with Crippen LogP contribution in [-0.2, 0) is 6.54 Å². The zero-order valence-electron chi connectivity index (χ0n) is 9.47. The molecule has 0 aliphatic rings. The molecule has 0 radical (unpaired) electrons. The lowest BCUT2D eigenvalue weighted by atomic mass is 10.2. The zero-order chi connectivity index (χ0) is 11.8. The van der Waals surface area contributed by atoms with Gasteiger partial charge in [0.05, 0.1) is 5.52 Å². The Morgan fingerprint density at radius 1 is 1.35 bits per heavy atom. The summed E-state index contributed by atoms with van der Waals surface area (Å²) in [6.07, 6.45) is 1.06. The number of para-hydroxylation sites is 1. The molecule has 0 aliphatic heterocycles. The molecule has 0 fully saturated rings. The van der Waals surface area contributed by atoms with Crippen LogP contribution in [0.2, 0.25) is 0 Å². The molecule has 3 aromatic rings.